The van der Waals surface area contributed by atoms with Crippen LogP contribution in [0.4, 0.5) is 0 Å². The molecule has 29 heavy (non-hydrogen) atoms. The van der Waals surface area contributed by atoms with E-state index >= 15 is 0 Å². The van der Waals surface area contributed by atoms with E-state index in [9.17, 15) is 5.53 Å². The fourth-order valence-electron chi connectivity index (χ4n) is 2.69. The number of nitrogens with zero attached hydrogens (tertiary/aromatic N) is 3. The highest BCUT2D eigenvalue weighted by Gasteiger charge is 2.31. The van der Waals surface area contributed by atoms with Gasteiger partial charge < -0.3 is 24.6 Å². The van der Waals surface area contributed by atoms with Crippen LogP contribution in [-0.4, -0.2) is 72.4 Å². The number of morpholine rings is 1. The summed E-state index contributed by atoms with van der Waals surface area (Å²) in [5.41, 5.74) is 10.9. The number of allylic oxidation sites excluding steroid dienone is 3. The Balaban J connectivity index is 0.000000749. The molecule has 0 spiro atoms. The van der Waals surface area contributed by atoms with Crippen LogP contribution in [0.15, 0.2) is 23.3 Å². The lowest BCUT2D eigenvalue weighted by Gasteiger charge is -2.32. The first-order chi connectivity index (χ1) is 13.8. The summed E-state index contributed by atoms with van der Waals surface area (Å²) in [6.07, 6.45) is 6.56. The van der Waals surface area contributed by atoms with Gasteiger partial charge in [0.2, 0.25) is 5.76 Å². The number of unbranched alkanes of at least 4 members (excludes halogenated alkanes) is 2. The quantitative estimate of drug-likeness (QED) is 0.244. The molecule has 1 saturated heterocycles. The van der Waals surface area contributed by atoms with Gasteiger partial charge in [0.05, 0.1) is 32.1 Å². The van der Waals surface area contributed by atoms with Gasteiger partial charge in [0.25, 0.3) is 0 Å². The van der Waals surface area contributed by atoms with E-state index in [2.05, 4.69) is 23.5 Å². The van der Waals surface area contributed by atoms with Crippen molar-refractivity contribution in [2.24, 2.45) is 0 Å². The van der Waals surface area contributed by atoms with Gasteiger partial charge in [0.15, 0.2) is 0 Å². The van der Waals surface area contributed by atoms with E-state index in [4.69, 9.17) is 31.7 Å². The third kappa shape index (κ3) is 10.4. The van der Waals surface area contributed by atoms with Gasteiger partial charge in [-0.15, -0.1) is 0 Å². The van der Waals surface area contributed by atoms with Gasteiger partial charge in [0, 0.05) is 19.2 Å². The fraction of sp³-hybridized carbons (Fsp3) is 0.722. The molecule has 1 aliphatic heterocycles. The molecule has 1 heterocycles. The van der Waals surface area contributed by atoms with Gasteiger partial charge in [-0.3, -0.25) is 9.11 Å². The van der Waals surface area contributed by atoms with Crippen LogP contribution in [-0.2, 0) is 24.6 Å². The molecule has 166 valence electrons. The smallest absolute Gasteiger partial charge is 0.394 e. The second-order valence-electron chi connectivity index (χ2n) is 6.49. The van der Waals surface area contributed by atoms with E-state index in [0.717, 1.165) is 50.2 Å². The van der Waals surface area contributed by atoms with Crippen LogP contribution in [0.3, 0.4) is 0 Å². The van der Waals surface area contributed by atoms with Crippen LogP contribution in [0.1, 0.15) is 46.0 Å². The first-order valence-electron chi connectivity index (χ1n) is 9.74. The molecule has 0 saturated carbocycles. The molecule has 10 nitrogen and oxygen atoms in total. The molecule has 2 rings (SSSR count). The predicted molar refractivity (Wildman–Crippen MR) is 107 cm³/mol. The first-order valence-corrected chi connectivity index (χ1v) is 11.1. The highest BCUT2D eigenvalue weighted by atomic mass is 32.3. The Labute approximate surface area is 172 Å². The van der Waals surface area contributed by atoms with Crippen LogP contribution in [0, 0.1) is 0 Å². The molecule has 1 fully saturated rings. The maximum absolute atomic E-state index is 9.36. The van der Waals surface area contributed by atoms with E-state index in [0.29, 0.717) is 44.3 Å². The maximum Gasteiger partial charge on any atom is 0.394 e. The molecule has 2 N–H and O–H groups in total. The molecule has 0 unspecified atom stereocenters. The largest absolute Gasteiger partial charge is 0.495 e. The molecular weight excluding hydrogens is 402 g/mol. The SMILES string of the molecule is CCCCOC1=CC(N2CCOCC2)=C(OCCCC)CC1=[N+]=[N-].O=S(=O)(O)O. The standard InChI is InChI=1S/C18H29N3O3.H2O4S/c1-3-5-9-23-17-14-16(21-7-11-22-12-8-21)18(13-15(17)20-19)24-10-6-4-2;1-5(2,3)4/h14H,3-13H2,1-2H3;(H2,1,2,3,4). The number of ether oxygens (including phenoxy) is 3. The van der Waals surface area contributed by atoms with Crippen molar-refractivity contribution in [3.63, 3.8) is 0 Å². The van der Waals surface area contributed by atoms with Crippen LogP contribution < -0.4 is 0 Å². The van der Waals surface area contributed by atoms with Crippen molar-refractivity contribution in [3.05, 3.63) is 28.8 Å². The summed E-state index contributed by atoms with van der Waals surface area (Å²) in [5, 5.41) is 0. The molecule has 2 aliphatic rings. The van der Waals surface area contributed by atoms with Crippen molar-refractivity contribution in [3.8, 4) is 0 Å². The Morgan fingerprint density at radius 3 is 2.21 bits per heavy atom. The summed E-state index contributed by atoms with van der Waals surface area (Å²) >= 11 is 0. The number of hydrogen-bond acceptors (Lipinski definition) is 6. The minimum atomic E-state index is -4.67. The zero-order valence-corrected chi connectivity index (χ0v) is 17.9. The molecule has 0 aromatic rings. The highest BCUT2D eigenvalue weighted by molar-refractivity contribution is 7.79. The van der Waals surface area contributed by atoms with E-state index in [1.807, 2.05) is 6.08 Å². The molecular formula is C18H31N3O7S. The summed E-state index contributed by atoms with van der Waals surface area (Å²) in [7, 11) is -4.67. The molecule has 0 atom stereocenters. The summed E-state index contributed by atoms with van der Waals surface area (Å²) in [6, 6.07) is 0. The Hall–Kier alpha value is -1.91. The Bertz CT molecular complexity index is 714. The summed E-state index contributed by atoms with van der Waals surface area (Å²) in [5.74, 6) is 1.51. The average molecular weight is 434 g/mol. The minimum absolute atomic E-state index is 0.463. The third-order valence-electron chi connectivity index (χ3n) is 4.17. The van der Waals surface area contributed by atoms with Crippen molar-refractivity contribution in [1.29, 1.82) is 0 Å². The van der Waals surface area contributed by atoms with Crippen molar-refractivity contribution in [2.45, 2.75) is 46.0 Å². The number of hydrogen-bond donors (Lipinski definition) is 2. The van der Waals surface area contributed by atoms with Crippen molar-refractivity contribution in [1.82, 2.24) is 4.90 Å². The highest BCUT2D eigenvalue weighted by Crippen LogP contribution is 2.27. The second-order valence-corrected chi connectivity index (χ2v) is 7.39. The summed E-state index contributed by atoms with van der Waals surface area (Å²) < 4.78 is 48.9. The van der Waals surface area contributed by atoms with Gasteiger partial charge >= 0.3 is 16.1 Å². The van der Waals surface area contributed by atoms with E-state index < -0.39 is 10.4 Å². The Kier molecular flexibility index (Phi) is 11.6. The third-order valence-corrected chi connectivity index (χ3v) is 4.17. The van der Waals surface area contributed by atoms with Gasteiger partial charge in [0.1, 0.15) is 12.2 Å². The van der Waals surface area contributed by atoms with Crippen LogP contribution in [0.2, 0.25) is 0 Å². The van der Waals surface area contributed by atoms with Crippen molar-refractivity contribution in [2.75, 3.05) is 39.5 Å². The summed E-state index contributed by atoms with van der Waals surface area (Å²) in [4.78, 5) is 5.70. The maximum atomic E-state index is 9.36. The summed E-state index contributed by atoms with van der Waals surface area (Å²) in [6.45, 7) is 8.67. The normalized spacial score (nSPS) is 17.2. The van der Waals surface area contributed by atoms with Crippen LogP contribution in [0.25, 0.3) is 5.53 Å². The van der Waals surface area contributed by atoms with Gasteiger partial charge in [-0.05, 0) is 12.8 Å². The second kappa shape index (κ2) is 13.3. The molecule has 1 aliphatic carbocycles. The molecule has 0 aromatic heterocycles. The van der Waals surface area contributed by atoms with Crippen molar-refractivity contribution >= 4 is 16.1 Å². The topological polar surface area (TPSA) is 142 Å². The molecule has 0 radical (unpaired) electrons. The molecule has 0 bridgehead atoms. The molecule has 0 aromatic carbocycles. The van der Waals surface area contributed by atoms with Gasteiger partial charge in [-0.25, -0.2) is 0 Å². The lowest BCUT2D eigenvalue weighted by Crippen LogP contribution is -2.37. The Morgan fingerprint density at radius 1 is 1.14 bits per heavy atom. The van der Waals surface area contributed by atoms with Crippen LogP contribution in [0.5, 0.6) is 0 Å². The average Bonchev–Trinajstić information content (AvgIpc) is 2.68. The minimum Gasteiger partial charge on any atom is -0.495 e. The zero-order valence-electron chi connectivity index (χ0n) is 17.0. The molecule has 11 heteroatoms. The Morgan fingerprint density at radius 2 is 1.69 bits per heavy atom. The fourth-order valence-corrected chi connectivity index (χ4v) is 2.69. The van der Waals surface area contributed by atoms with Crippen LogP contribution >= 0.6 is 0 Å². The lowest BCUT2D eigenvalue weighted by atomic mass is 10.0. The zero-order chi connectivity index (χ0) is 21.7. The van der Waals surface area contributed by atoms with E-state index in [1.165, 1.54) is 0 Å². The van der Waals surface area contributed by atoms with Crippen molar-refractivity contribution < 1.29 is 36.5 Å². The monoisotopic (exact) mass is 433 g/mol. The predicted octanol–water partition coefficient (Wildman–Crippen LogP) is 2.47. The van der Waals surface area contributed by atoms with Gasteiger partial charge in [-0.2, -0.15) is 13.2 Å². The van der Waals surface area contributed by atoms with E-state index in [1.54, 1.807) is 0 Å². The number of rotatable bonds is 9. The lowest BCUT2D eigenvalue weighted by molar-refractivity contribution is -0.0145. The molecule has 0 amide bonds. The van der Waals surface area contributed by atoms with Gasteiger partial charge in [-0.1, -0.05) is 26.7 Å². The van der Waals surface area contributed by atoms with E-state index in [-0.39, 0.29) is 0 Å². The first kappa shape index (κ1) is 25.1.